The molecule has 1 saturated heterocycles. The van der Waals surface area contributed by atoms with E-state index in [1.807, 2.05) is 58.9 Å². The summed E-state index contributed by atoms with van der Waals surface area (Å²) in [5.41, 5.74) is 3.86. The van der Waals surface area contributed by atoms with Crippen LogP contribution in [0.25, 0.3) is 0 Å². The lowest BCUT2D eigenvalue weighted by molar-refractivity contribution is -0.0771. The van der Waals surface area contributed by atoms with Crippen molar-refractivity contribution in [3.8, 4) is 0 Å². The molecule has 0 amide bonds. The quantitative estimate of drug-likeness (QED) is 0.467. The van der Waals surface area contributed by atoms with Crippen LogP contribution in [0.3, 0.4) is 0 Å². The Labute approximate surface area is 175 Å². The van der Waals surface area contributed by atoms with E-state index in [1.165, 1.54) is 6.33 Å². The zero-order valence-electron chi connectivity index (χ0n) is 18.9. The minimum Gasteiger partial charge on any atom is -0.394 e. The molecule has 1 aliphatic heterocycles. The zero-order chi connectivity index (χ0) is 22.8. The van der Waals surface area contributed by atoms with Crippen molar-refractivity contribution in [2.24, 2.45) is 0 Å². The van der Waals surface area contributed by atoms with Crippen molar-refractivity contribution in [3.63, 3.8) is 0 Å². The number of aliphatic hydroxyl groups excluding tert-OH is 1. The molecule has 0 bridgehead atoms. The Balaban J connectivity index is 2.87. The van der Waals surface area contributed by atoms with Gasteiger partial charge in [0.25, 0.3) is 0 Å². The molecule has 9 nitrogen and oxygen atoms in total. The molecule has 1 unspecified atom stereocenters. The highest BCUT2D eigenvalue weighted by Crippen LogP contribution is 2.55. The van der Waals surface area contributed by atoms with Gasteiger partial charge in [-0.25, -0.2) is 9.78 Å². The van der Waals surface area contributed by atoms with Crippen molar-refractivity contribution in [2.45, 2.75) is 87.4 Å². The fraction of sp³-hybridized carbons (Fsp3) is 0.824. The summed E-state index contributed by atoms with van der Waals surface area (Å²) in [5.74, 6) is -0.181. The van der Waals surface area contributed by atoms with E-state index < -0.39 is 58.4 Å². The summed E-state index contributed by atoms with van der Waals surface area (Å²) in [6, 6.07) is 0. The first-order valence-corrected chi connectivity index (χ1v) is 20.4. The predicted molar refractivity (Wildman–Crippen MR) is 121 cm³/mol. The number of nitrogens with two attached hydrogens (primary N) is 1. The first-order chi connectivity index (χ1) is 12.8. The van der Waals surface area contributed by atoms with Gasteiger partial charge in [-0.1, -0.05) is 58.9 Å². The minimum atomic E-state index is -2.65. The van der Waals surface area contributed by atoms with Crippen LogP contribution in [0, 0.1) is 0 Å². The SMILES string of the molecule is C[Si](C)(C)C(O)[C@H]1O[C@@H](n2cnc(N)nc2=O)[C@@](O)([Si](C)(C)C)[C@@]1(O)[Si](C)(C)C. The first kappa shape index (κ1) is 24.4. The Hall–Kier alpha value is -0.899. The summed E-state index contributed by atoms with van der Waals surface area (Å²) >= 11 is 0. The topological polar surface area (TPSA) is 144 Å². The lowest BCUT2D eigenvalue weighted by atomic mass is 10.1. The average Bonchev–Trinajstić information content (AvgIpc) is 2.76. The number of anilines is 1. The van der Waals surface area contributed by atoms with E-state index in [0.717, 1.165) is 4.57 Å². The van der Waals surface area contributed by atoms with Crippen molar-refractivity contribution in [1.29, 1.82) is 0 Å². The third-order valence-electron chi connectivity index (χ3n) is 6.08. The summed E-state index contributed by atoms with van der Waals surface area (Å²) in [6.07, 6.45) is -1.07. The van der Waals surface area contributed by atoms with Crippen molar-refractivity contribution in [3.05, 3.63) is 16.8 Å². The molecule has 0 aliphatic carbocycles. The molecule has 29 heavy (non-hydrogen) atoms. The number of rotatable bonds is 5. The van der Waals surface area contributed by atoms with Crippen LogP contribution in [0.5, 0.6) is 0 Å². The Bertz CT molecular complexity index is 832. The second-order valence-electron chi connectivity index (χ2n) is 11.2. The van der Waals surface area contributed by atoms with Crippen LogP contribution in [0.15, 0.2) is 11.1 Å². The molecule has 2 heterocycles. The summed E-state index contributed by atoms with van der Waals surface area (Å²) < 4.78 is 7.33. The van der Waals surface area contributed by atoms with Gasteiger partial charge in [-0.2, -0.15) is 4.98 Å². The Morgan fingerprint density at radius 1 is 1.07 bits per heavy atom. The van der Waals surface area contributed by atoms with Crippen molar-refractivity contribution < 1.29 is 20.1 Å². The molecule has 0 radical (unpaired) electrons. The van der Waals surface area contributed by atoms with Crippen LogP contribution < -0.4 is 11.4 Å². The zero-order valence-corrected chi connectivity index (χ0v) is 21.9. The molecule has 1 fully saturated rings. The van der Waals surface area contributed by atoms with Gasteiger partial charge in [-0.15, -0.1) is 0 Å². The van der Waals surface area contributed by atoms with Crippen LogP contribution in [0.1, 0.15) is 6.23 Å². The van der Waals surface area contributed by atoms with Gasteiger partial charge in [0.05, 0.1) is 29.9 Å². The van der Waals surface area contributed by atoms with Gasteiger partial charge in [0, 0.05) is 0 Å². The maximum absolute atomic E-state index is 12.6. The van der Waals surface area contributed by atoms with Crippen molar-refractivity contribution in [2.75, 3.05) is 5.73 Å². The van der Waals surface area contributed by atoms with Crippen LogP contribution in [-0.4, -0.2) is 76.4 Å². The first-order valence-electron chi connectivity index (χ1n) is 9.79. The molecular weight excluding hydrogens is 424 g/mol. The third-order valence-corrected chi connectivity index (χ3v) is 14.3. The molecule has 0 spiro atoms. The normalized spacial score (nSPS) is 32.4. The fourth-order valence-corrected chi connectivity index (χ4v) is 12.4. The maximum atomic E-state index is 12.6. The maximum Gasteiger partial charge on any atom is 0.354 e. The van der Waals surface area contributed by atoms with Crippen LogP contribution >= 0.6 is 0 Å². The molecule has 166 valence electrons. The standard InChI is InChI=1S/C17H36N4O5Si3/c1-27(2,3)12(22)11-16(24,28(4,5)6)17(25,29(7,8)9)13(26-11)21-10-19-14(18)20-15(21)23/h10-13,22,24-25H,1-9H3,(H2,18,20,23)/t11-,12?,13-,16+,17-/m1/s1. The van der Waals surface area contributed by atoms with E-state index in [2.05, 4.69) is 9.97 Å². The summed E-state index contributed by atoms with van der Waals surface area (Å²) in [5, 5.41) is 32.3. The second kappa shape index (κ2) is 7.07. The van der Waals surface area contributed by atoms with Gasteiger partial charge in [-0.3, -0.25) is 4.57 Å². The van der Waals surface area contributed by atoms with Crippen molar-refractivity contribution >= 4 is 30.2 Å². The number of nitrogen functional groups attached to an aromatic ring is 1. The van der Waals surface area contributed by atoms with Gasteiger partial charge in [0.2, 0.25) is 5.95 Å². The molecule has 12 heteroatoms. The van der Waals surface area contributed by atoms with E-state index in [1.54, 1.807) is 0 Å². The molecule has 1 aromatic rings. The lowest BCUT2D eigenvalue weighted by Crippen LogP contribution is -2.79. The van der Waals surface area contributed by atoms with Gasteiger partial charge in [-0.05, 0) is 0 Å². The third kappa shape index (κ3) is 3.58. The number of hydrogen-bond donors (Lipinski definition) is 4. The highest BCUT2D eigenvalue weighted by Gasteiger charge is 2.76. The smallest absolute Gasteiger partial charge is 0.354 e. The second-order valence-corrected chi connectivity index (χ2v) is 27.0. The highest BCUT2D eigenvalue weighted by molar-refractivity contribution is 6.86. The van der Waals surface area contributed by atoms with Crippen LogP contribution in [0.2, 0.25) is 58.9 Å². The van der Waals surface area contributed by atoms with Gasteiger partial charge < -0.3 is 25.8 Å². The largest absolute Gasteiger partial charge is 0.394 e. The Kier molecular flexibility index (Phi) is 5.94. The summed E-state index contributed by atoms with van der Waals surface area (Å²) in [6.45, 7) is 17.5. The van der Waals surface area contributed by atoms with E-state index >= 15 is 0 Å². The Morgan fingerprint density at radius 2 is 1.55 bits per heavy atom. The van der Waals surface area contributed by atoms with E-state index in [9.17, 15) is 20.1 Å². The highest BCUT2D eigenvalue weighted by atomic mass is 28.3. The lowest BCUT2D eigenvalue weighted by Gasteiger charge is -2.54. The number of ether oxygens (including phenoxy) is 1. The van der Waals surface area contributed by atoms with Crippen molar-refractivity contribution in [1.82, 2.24) is 14.5 Å². The number of nitrogens with zero attached hydrogens (tertiary/aromatic N) is 3. The fourth-order valence-electron chi connectivity index (χ4n) is 4.22. The Morgan fingerprint density at radius 3 is 1.93 bits per heavy atom. The molecular formula is C17H36N4O5Si3. The van der Waals surface area contributed by atoms with E-state index in [-0.39, 0.29) is 5.95 Å². The van der Waals surface area contributed by atoms with E-state index in [0.29, 0.717) is 0 Å². The summed E-state index contributed by atoms with van der Waals surface area (Å²) in [4.78, 5) is 20.2. The van der Waals surface area contributed by atoms with Gasteiger partial charge in [0.15, 0.2) is 6.23 Å². The molecule has 5 atom stereocenters. The van der Waals surface area contributed by atoms with Gasteiger partial charge >= 0.3 is 5.69 Å². The number of aromatic nitrogens is 3. The summed E-state index contributed by atoms with van der Waals surface area (Å²) in [7, 11) is -7.46. The molecule has 1 aromatic heterocycles. The number of aliphatic hydroxyl groups is 3. The van der Waals surface area contributed by atoms with Crippen LogP contribution in [0.4, 0.5) is 5.95 Å². The minimum absolute atomic E-state index is 0.181. The molecule has 1 aliphatic rings. The molecule has 0 aromatic carbocycles. The molecule has 5 N–H and O–H groups in total. The number of hydrogen-bond acceptors (Lipinski definition) is 8. The van der Waals surface area contributed by atoms with Crippen LogP contribution in [-0.2, 0) is 4.74 Å². The van der Waals surface area contributed by atoms with Gasteiger partial charge in [0.1, 0.15) is 22.9 Å². The van der Waals surface area contributed by atoms with E-state index in [4.69, 9.17) is 10.5 Å². The molecule has 0 saturated carbocycles. The molecule has 2 rings (SSSR count). The monoisotopic (exact) mass is 460 g/mol. The average molecular weight is 461 g/mol. The predicted octanol–water partition coefficient (Wildman–Crippen LogP) is 0.573.